The van der Waals surface area contributed by atoms with E-state index in [-0.39, 0.29) is 30.5 Å². The molecule has 0 aromatic carbocycles. The van der Waals surface area contributed by atoms with Crippen molar-refractivity contribution in [2.24, 2.45) is 22.6 Å². The zero-order valence-corrected chi connectivity index (χ0v) is 17.4. The lowest BCUT2D eigenvalue weighted by atomic mass is 9.79. The molecule has 2 N–H and O–H groups in total. The third-order valence-electron chi connectivity index (χ3n) is 6.20. The van der Waals surface area contributed by atoms with Crippen molar-refractivity contribution in [3.05, 3.63) is 23.7 Å². The normalized spacial score (nSPS) is 31.4. The van der Waals surface area contributed by atoms with Gasteiger partial charge in [-0.15, -0.1) is 0 Å². The number of nitrogens with zero attached hydrogens (tertiary/aromatic N) is 2. The van der Waals surface area contributed by atoms with Crippen LogP contribution in [0.2, 0.25) is 0 Å². The van der Waals surface area contributed by atoms with Crippen molar-refractivity contribution in [3.8, 4) is 0 Å². The lowest BCUT2D eigenvalue weighted by Crippen LogP contribution is -2.46. The first kappa shape index (κ1) is 20.7. The zero-order valence-electron chi connectivity index (χ0n) is 17.4. The summed E-state index contributed by atoms with van der Waals surface area (Å²) < 4.78 is 17.3. The number of likely N-dealkylation sites (N-methyl/N-ethyl adjacent to an activating group) is 1. The molecule has 1 fully saturated rings. The molecule has 0 aromatic rings. The van der Waals surface area contributed by atoms with Crippen LogP contribution >= 0.6 is 0 Å². The number of ether oxygens (including phenoxy) is 3. The van der Waals surface area contributed by atoms with Crippen LogP contribution in [0.5, 0.6) is 0 Å². The maximum absolute atomic E-state index is 13.1. The van der Waals surface area contributed by atoms with E-state index in [1.165, 1.54) is 24.2 Å². The van der Waals surface area contributed by atoms with Crippen molar-refractivity contribution in [2.75, 3.05) is 27.9 Å². The smallest absolute Gasteiger partial charge is 0.260 e. The standard InChI is InChI=1S/C21H33N3O4/c1-14-10-11-16(18(27-4)17(14)26-3)28-13-21(12-15-8-6-5-7-9-15)19(25)24(2)20(22)23-21/h10-11,14-15,17H,5-9,12-13H2,1-4H3,(H2,22,23). The van der Waals surface area contributed by atoms with E-state index < -0.39 is 5.54 Å². The Morgan fingerprint density at radius 1 is 1.29 bits per heavy atom. The van der Waals surface area contributed by atoms with Gasteiger partial charge >= 0.3 is 0 Å². The Morgan fingerprint density at radius 3 is 2.57 bits per heavy atom. The Labute approximate surface area is 167 Å². The van der Waals surface area contributed by atoms with Crippen LogP contribution in [0.15, 0.2) is 28.7 Å². The molecule has 3 atom stereocenters. The van der Waals surface area contributed by atoms with E-state index in [9.17, 15) is 4.79 Å². The number of methoxy groups -OCH3 is 2. The minimum Gasteiger partial charge on any atom is -0.494 e. The van der Waals surface area contributed by atoms with Crippen LogP contribution < -0.4 is 5.73 Å². The fraction of sp³-hybridized carbons (Fsp3) is 0.714. The second-order valence-corrected chi connectivity index (χ2v) is 8.17. The maximum Gasteiger partial charge on any atom is 0.260 e. The molecule has 0 spiro atoms. The molecule has 7 heteroatoms. The molecular weight excluding hydrogens is 358 g/mol. The van der Waals surface area contributed by atoms with Gasteiger partial charge in [-0.25, -0.2) is 4.99 Å². The molecule has 0 aromatic heterocycles. The van der Waals surface area contributed by atoms with Gasteiger partial charge in [0.1, 0.15) is 12.7 Å². The number of guanidine groups is 1. The monoisotopic (exact) mass is 391 g/mol. The topological polar surface area (TPSA) is 86.4 Å². The molecule has 2 aliphatic carbocycles. The van der Waals surface area contributed by atoms with E-state index >= 15 is 0 Å². The number of aliphatic imine (C=N–C) groups is 1. The van der Waals surface area contributed by atoms with E-state index in [2.05, 4.69) is 11.9 Å². The Bertz CT molecular complexity index is 681. The summed E-state index contributed by atoms with van der Waals surface area (Å²) in [5, 5.41) is 0. The summed E-state index contributed by atoms with van der Waals surface area (Å²) in [5.74, 6) is 2.04. The number of amides is 1. The highest BCUT2D eigenvalue weighted by Crippen LogP contribution is 2.37. The minimum atomic E-state index is -0.966. The van der Waals surface area contributed by atoms with E-state index in [0.717, 1.165) is 12.8 Å². The zero-order chi connectivity index (χ0) is 20.3. The predicted octanol–water partition coefficient (Wildman–Crippen LogP) is 2.58. The van der Waals surface area contributed by atoms with Gasteiger partial charge in [-0.1, -0.05) is 45.1 Å². The van der Waals surface area contributed by atoms with Gasteiger partial charge in [0, 0.05) is 20.1 Å². The Hall–Kier alpha value is -2.02. The fourth-order valence-corrected chi connectivity index (χ4v) is 4.57. The van der Waals surface area contributed by atoms with Crippen LogP contribution in [0.3, 0.4) is 0 Å². The number of hydrogen-bond acceptors (Lipinski definition) is 6. The van der Waals surface area contributed by atoms with Gasteiger partial charge in [-0.05, 0) is 18.4 Å². The molecule has 1 aliphatic heterocycles. The van der Waals surface area contributed by atoms with Gasteiger partial charge in [0.25, 0.3) is 5.91 Å². The summed E-state index contributed by atoms with van der Waals surface area (Å²) in [7, 11) is 4.94. The SMILES string of the molecule is COC1=C(OCC2(CC3CCCCC3)N=C(N)N(C)C2=O)C=CC(C)C1OC. The number of nitrogens with two attached hydrogens (primary N) is 1. The second kappa shape index (κ2) is 8.55. The van der Waals surface area contributed by atoms with E-state index in [4.69, 9.17) is 19.9 Å². The molecule has 7 nitrogen and oxygen atoms in total. The van der Waals surface area contributed by atoms with Crippen LogP contribution in [0, 0.1) is 11.8 Å². The molecule has 0 saturated heterocycles. The first-order chi connectivity index (χ1) is 13.4. The van der Waals surface area contributed by atoms with Crippen LogP contribution in [-0.2, 0) is 19.0 Å². The quantitative estimate of drug-likeness (QED) is 0.721. The molecule has 28 heavy (non-hydrogen) atoms. The minimum absolute atomic E-state index is 0.0911. The third kappa shape index (κ3) is 3.90. The molecule has 156 valence electrons. The number of carbonyl (C=O) groups excluding carboxylic acids is 1. The molecule has 0 bridgehead atoms. The molecule has 3 aliphatic rings. The second-order valence-electron chi connectivity index (χ2n) is 8.17. The molecule has 1 heterocycles. The van der Waals surface area contributed by atoms with Crippen molar-refractivity contribution in [1.82, 2.24) is 4.90 Å². The van der Waals surface area contributed by atoms with E-state index in [0.29, 0.717) is 23.9 Å². The predicted molar refractivity (Wildman–Crippen MR) is 107 cm³/mol. The molecule has 1 saturated carbocycles. The summed E-state index contributed by atoms with van der Waals surface area (Å²) >= 11 is 0. The summed E-state index contributed by atoms with van der Waals surface area (Å²) in [5.41, 5.74) is 5.04. The molecule has 3 rings (SSSR count). The van der Waals surface area contributed by atoms with Gasteiger partial charge in [-0.3, -0.25) is 9.69 Å². The Morgan fingerprint density at radius 2 is 2.00 bits per heavy atom. The summed E-state index contributed by atoms with van der Waals surface area (Å²) in [6.45, 7) is 2.20. The lowest BCUT2D eigenvalue weighted by molar-refractivity contribution is -0.132. The lowest BCUT2D eigenvalue weighted by Gasteiger charge is -2.32. The Kier molecular flexibility index (Phi) is 6.33. The van der Waals surface area contributed by atoms with E-state index in [1.54, 1.807) is 21.3 Å². The molecule has 1 amide bonds. The highest BCUT2D eigenvalue weighted by molar-refractivity contribution is 6.06. The molecule has 0 radical (unpaired) electrons. The number of rotatable bonds is 7. The maximum atomic E-state index is 13.1. The van der Waals surface area contributed by atoms with Crippen molar-refractivity contribution >= 4 is 11.9 Å². The highest BCUT2D eigenvalue weighted by atomic mass is 16.5. The van der Waals surface area contributed by atoms with Crippen molar-refractivity contribution < 1.29 is 19.0 Å². The number of allylic oxidation sites excluding steroid dienone is 1. The van der Waals surface area contributed by atoms with Crippen molar-refractivity contribution in [3.63, 3.8) is 0 Å². The van der Waals surface area contributed by atoms with Gasteiger partial charge in [0.15, 0.2) is 23.0 Å². The first-order valence-electron chi connectivity index (χ1n) is 10.2. The van der Waals surface area contributed by atoms with Gasteiger partial charge in [0.2, 0.25) is 0 Å². The average molecular weight is 392 g/mol. The van der Waals surface area contributed by atoms with Crippen molar-refractivity contribution in [2.45, 2.75) is 57.1 Å². The van der Waals surface area contributed by atoms with E-state index in [1.807, 2.05) is 12.2 Å². The summed E-state index contributed by atoms with van der Waals surface area (Å²) in [6, 6.07) is 0. The van der Waals surface area contributed by atoms with Crippen molar-refractivity contribution in [1.29, 1.82) is 0 Å². The van der Waals surface area contributed by atoms with Crippen LogP contribution in [0.1, 0.15) is 45.4 Å². The molecular formula is C21H33N3O4. The van der Waals surface area contributed by atoms with Crippen LogP contribution in [-0.4, -0.2) is 56.3 Å². The highest BCUT2D eigenvalue weighted by Gasteiger charge is 2.49. The summed E-state index contributed by atoms with van der Waals surface area (Å²) in [6.07, 6.45) is 10.3. The Balaban J connectivity index is 1.82. The third-order valence-corrected chi connectivity index (χ3v) is 6.20. The number of hydrogen-bond donors (Lipinski definition) is 1. The average Bonchev–Trinajstić information content (AvgIpc) is 2.91. The fourth-order valence-electron chi connectivity index (χ4n) is 4.57. The van der Waals surface area contributed by atoms with Crippen LogP contribution in [0.25, 0.3) is 0 Å². The van der Waals surface area contributed by atoms with Gasteiger partial charge in [-0.2, -0.15) is 0 Å². The van der Waals surface area contributed by atoms with Crippen LogP contribution in [0.4, 0.5) is 0 Å². The summed E-state index contributed by atoms with van der Waals surface area (Å²) in [4.78, 5) is 19.1. The molecule has 3 unspecified atom stereocenters. The van der Waals surface area contributed by atoms with Gasteiger partial charge in [0.05, 0.1) is 7.11 Å². The largest absolute Gasteiger partial charge is 0.494 e. The number of carbonyl (C=O) groups is 1. The van der Waals surface area contributed by atoms with Gasteiger partial charge < -0.3 is 19.9 Å². The first-order valence-corrected chi connectivity index (χ1v) is 10.2.